The largest absolute Gasteiger partial charge is 0.504 e. The van der Waals surface area contributed by atoms with Crippen molar-refractivity contribution in [3.8, 4) is 23.0 Å². The van der Waals surface area contributed by atoms with E-state index in [0.717, 1.165) is 0 Å². The maximum absolute atomic E-state index is 12.8. The van der Waals surface area contributed by atoms with Gasteiger partial charge >= 0.3 is 0 Å². The number of nitrogens with one attached hydrogen (secondary N) is 3. The van der Waals surface area contributed by atoms with Crippen molar-refractivity contribution < 1.29 is 34.8 Å². The van der Waals surface area contributed by atoms with E-state index in [9.17, 15) is 34.8 Å². The number of amides is 2. The van der Waals surface area contributed by atoms with E-state index in [1.54, 1.807) is 19.2 Å². The summed E-state index contributed by atoms with van der Waals surface area (Å²) in [6, 6.07) is 6.42. The number of likely N-dealkylation sites (N-methyl/N-ethyl adjacent to an activating group) is 1. The second-order valence-electron chi connectivity index (χ2n) is 8.96. The molecule has 0 bridgehead atoms. The second-order valence-corrected chi connectivity index (χ2v) is 8.96. The van der Waals surface area contributed by atoms with Crippen LogP contribution in [0.3, 0.4) is 0 Å². The quantitative estimate of drug-likeness (QED) is 0.131. The summed E-state index contributed by atoms with van der Waals surface area (Å²) in [5.74, 6) is -1.97. The summed E-state index contributed by atoms with van der Waals surface area (Å²) in [5, 5.41) is 46.4. The van der Waals surface area contributed by atoms with E-state index in [4.69, 9.17) is 5.73 Å². The number of hydrogen-bond acceptors (Lipinski definition) is 9. The molecule has 0 unspecified atom stereocenters. The van der Waals surface area contributed by atoms with Crippen LogP contribution in [0.4, 0.5) is 0 Å². The van der Waals surface area contributed by atoms with Crippen molar-refractivity contribution in [2.75, 3.05) is 13.6 Å². The van der Waals surface area contributed by atoms with E-state index >= 15 is 0 Å². The third-order valence-electron chi connectivity index (χ3n) is 6.00. The van der Waals surface area contributed by atoms with Crippen molar-refractivity contribution in [1.82, 2.24) is 16.0 Å². The number of Topliss-reactive ketones (excluding diaryl/α,β-unsaturated/α-hetero) is 1. The van der Waals surface area contributed by atoms with Gasteiger partial charge in [0.05, 0.1) is 18.1 Å². The molecule has 2 rings (SSSR count). The van der Waals surface area contributed by atoms with Crippen molar-refractivity contribution in [3.05, 3.63) is 47.5 Å². The Labute approximate surface area is 215 Å². The molecule has 0 saturated heterocycles. The Morgan fingerprint density at radius 1 is 0.811 bits per heavy atom. The lowest BCUT2D eigenvalue weighted by Crippen LogP contribution is -2.49. The van der Waals surface area contributed by atoms with Crippen LogP contribution in [0.2, 0.25) is 0 Å². The van der Waals surface area contributed by atoms with Gasteiger partial charge in [0, 0.05) is 6.54 Å². The number of nitrogens with two attached hydrogens (primary N) is 1. The Hall–Kier alpha value is -3.83. The third kappa shape index (κ3) is 9.28. The maximum Gasteiger partial charge on any atom is 0.238 e. The van der Waals surface area contributed by atoms with Gasteiger partial charge in [0.25, 0.3) is 0 Å². The van der Waals surface area contributed by atoms with Gasteiger partial charge in [0.1, 0.15) is 0 Å². The molecule has 2 aromatic carbocycles. The van der Waals surface area contributed by atoms with E-state index in [0.29, 0.717) is 36.9 Å². The number of unbranched alkanes of at least 4 members (excludes halogenated alkanes) is 1. The predicted octanol–water partition coefficient (Wildman–Crippen LogP) is 0.570. The molecule has 0 radical (unpaired) electrons. The number of benzene rings is 2. The summed E-state index contributed by atoms with van der Waals surface area (Å²) in [4.78, 5) is 37.1. The Kier molecular flexibility index (Phi) is 11.2. The molecule has 0 fully saturated rings. The van der Waals surface area contributed by atoms with E-state index in [-0.39, 0.29) is 53.4 Å². The molecule has 2 aromatic rings. The van der Waals surface area contributed by atoms with Gasteiger partial charge in [-0.25, -0.2) is 0 Å². The van der Waals surface area contributed by atoms with Gasteiger partial charge in [0.15, 0.2) is 28.8 Å². The summed E-state index contributed by atoms with van der Waals surface area (Å²) in [6.45, 7) is 1.74. The number of aromatic hydroxyl groups is 4. The molecule has 37 heavy (non-hydrogen) atoms. The molecule has 0 heterocycles. The van der Waals surface area contributed by atoms with Gasteiger partial charge < -0.3 is 42.1 Å². The van der Waals surface area contributed by atoms with E-state index in [1.165, 1.54) is 31.2 Å². The van der Waals surface area contributed by atoms with Crippen LogP contribution in [0.25, 0.3) is 0 Å². The number of phenolic OH excluding ortho intramolecular Hbond substituents is 4. The zero-order valence-electron chi connectivity index (χ0n) is 21.0. The molecule has 202 valence electrons. The fourth-order valence-electron chi connectivity index (χ4n) is 3.77. The van der Waals surface area contributed by atoms with E-state index < -0.39 is 18.1 Å². The summed E-state index contributed by atoms with van der Waals surface area (Å²) >= 11 is 0. The van der Waals surface area contributed by atoms with Gasteiger partial charge in [-0.2, -0.15) is 0 Å². The number of rotatable bonds is 14. The highest BCUT2D eigenvalue weighted by atomic mass is 16.3. The first-order chi connectivity index (χ1) is 17.5. The van der Waals surface area contributed by atoms with Crippen LogP contribution < -0.4 is 21.7 Å². The average molecular weight is 517 g/mol. The first kappa shape index (κ1) is 29.4. The van der Waals surface area contributed by atoms with Gasteiger partial charge in [-0.05, 0) is 81.5 Å². The fourth-order valence-corrected chi connectivity index (χ4v) is 3.77. The molecule has 0 aliphatic rings. The molecule has 0 aliphatic heterocycles. The van der Waals surface area contributed by atoms with Crippen molar-refractivity contribution in [2.45, 2.75) is 57.2 Å². The van der Waals surface area contributed by atoms with Gasteiger partial charge in [-0.15, -0.1) is 0 Å². The Bertz CT molecular complexity index is 1090. The summed E-state index contributed by atoms with van der Waals surface area (Å²) < 4.78 is 0. The summed E-state index contributed by atoms with van der Waals surface area (Å²) in [5.41, 5.74) is 7.18. The van der Waals surface area contributed by atoms with Gasteiger partial charge in [0.2, 0.25) is 11.8 Å². The van der Waals surface area contributed by atoms with Gasteiger partial charge in [-0.1, -0.05) is 12.1 Å². The topological polar surface area (TPSA) is 194 Å². The SMILES string of the molecule is CN[C@@H](Cc1ccc(O)c(O)c1)C(=O)N[C@@H](CCCCNC(=O)[C@@H](N)Cc1ccc(O)c(O)c1)C(C)=O. The summed E-state index contributed by atoms with van der Waals surface area (Å²) in [7, 11) is 1.62. The Morgan fingerprint density at radius 3 is 1.89 bits per heavy atom. The molecule has 3 atom stereocenters. The molecule has 0 saturated carbocycles. The zero-order valence-corrected chi connectivity index (χ0v) is 21.0. The van der Waals surface area contributed by atoms with Crippen LogP contribution in [-0.4, -0.2) is 69.7 Å². The number of phenols is 4. The number of hydrogen-bond donors (Lipinski definition) is 8. The molecule has 2 amide bonds. The van der Waals surface area contributed by atoms with Crippen LogP contribution in [0, 0.1) is 0 Å². The van der Waals surface area contributed by atoms with E-state index in [1.807, 2.05) is 0 Å². The Balaban J connectivity index is 1.77. The molecule has 9 N–H and O–H groups in total. The second kappa shape index (κ2) is 14.0. The number of ketones is 1. The Morgan fingerprint density at radius 2 is 1.38 bits per heavy atom. The molecule has 0 spiro atoms. The monoisotopic (exact) mass is 516 g/mol. The first-order valence-electron chi connectivity index (χ1n) is 12.0. The lowest BCUT2D eigenvalue weighted by atomic mass is 10.0. The molecule has 0 aliphatic carbocycles. The number of carbonyl (C=O) groups excluding carboxylic acids is 3. The van der Waals surface area contributed by atoms with Crippen molar-refractivity contribution in [3.63, 3.8) is 0 Å². The molecule has 11 heteroatoms. The van der Waals surface area contributed by atoms with Crippen LogP contribution >= 0.6 is 0 Å². The maximum atomic E-state index is 12.8. The highest BCUT2D eigenvalue weighted by molar-refractivity contribution is 5.89. The van der Waals surface area contributed by atoms with Crippen LogP contribution in [-0.2, 0) is 27.2 Å². The molecule has 11 nitrogen and oxygen atoms in total. The van der Waals surface area contributed by atoms with Crippen molar-refractivity contribution >= 4 is 17.6 Å². The van der Waals surface area contributed by atoms with Crippen LogP contribution in [0.15, 0.2) is 36.4 Å². The number of carbonyl (C=O) groups is 3. The summed E-state index contributed by atoms with van der Waals surface area (Å²) in [6.07, 6.45) is 1.97. The first-order valence-corrected chi connectivity index (χ1v) is 12.0. The minimum absolute atomic E-state index is 0.186. The minimum Gasteiger partial charge on any atom is -0.504 e. The van der Waals surface area contributed by atoms with E-state index in [2.05, 4.69) is 16.0 Å². The minimum atomic E-state index is -0.831. The third-order valence-corrected chi connectivity index (χ3v) is 6.00. The van der Waals surface area contributed by atoms with Crippen molar-refractivity contribution in [1.29, 1.82) is 0 Å². The highest BCUT2D eigenvalue weighted by Gasteiger charge is 2.23. The van der Waals surface area contributed by atoms with Crippen LogP contribution in [0.5, 0.6) is 23.0 Å². The van der Waals surface area contributed by atoms with Crippen LogP contribution in [0.1, 0.15) is 37.3 Å². The molecule has 0 aromatic heterocycles. The van der Waals surface area contributed by atoms with Crippen molar-refractivity contribution in [2.24, 2.45) is 5.73 Å². The zero-order chi connectivity index (χ0) is 27.5. The predicted molar refractivity (Wildman–Crippen MR) is 137 cm³/mol. The highest BCUT2D eigenvalue weighted by Crippen LogP contribution is 2.26. The smallest absolute Gasteiger partial charge is 0.238 e. The van der Waals surface area contributed by atoms with Gasteiger partial charge in [-0.3, -0.25) is 14.4 Å². The molecular weight excluding hydrogens is 480 g/mol. The average Bonchev–Trinajstić information content (AvgIpc) is 2.85. The lowest BCUT2D eigenvalue weighted by molar-refractivity contribution is -0.128. The lowest BCUT2D eigenvalue weighted by Gasteiger charge is -2.21. The normalized spacial score (nSPS) is 13.4. The standard InChI is InChI=1S/C26H36N4O7/c1-15(31)19(30-26(37)20(28-2)12-17-7-9-22(33)24(35)14-17)5-3-4-10-29-25(36)18(27)11-16-6-8-21(32)23(34)13-16/h6-9,13-14,18-20,28,32-35H,3-5,10-12,27H2,1-2H3,(H,29,36)(H,30,37)/t18-,19-,20-/m0/s1. The fraction of sp³-hybridized carbons (Fsp3) is 0.423. The molecular formula is C26H36N4O7.